The Morgan fingerprint density at radius 1 is 0.731 bits per heavy atom. The molecule has 0 spiro atoms. The molecule has 0 aromatic carbocycles. The van der Waals surface area contributed by atoms with Crippen molar-refractivity contribution < 1.29 is 39.6 Å². The second-order valence-electron chi connectivity index (χ2n) is 6.38. The lowest BCUT2D eigenvalue weighted by Gasteiger charge is -2.45. The van der Waals surface area contributed by atoms with Crippen LogP contribution < -0.4 is 0 Å². The minimum atomic E-state index is -1.21. The summed E-state index contributed by atoms with van der Waals surface area (Å²) in [4.78, 5) is 47.1. The van der Waals surface area contributed by atoms with Crippen LogP contribution in [0.3, 0.4) is 0 Å². The van der Waals surface area contributed by atoms with E-state index >= 15 is 0 Å². The van der Waals surface area contributed by atoms with Crippen molar-refractivity contribution in [2.24, 2.45) is 5.92 Å². The number of carboxylic acid groups (broad SMARTS) is 4. The van der Waals surface area contributed by atoms with Crippen LogP contribution in [0.25, 0.3) is 0 Å². The van der Waals surface area contributed by atoms with Crippen LogP contribution in [0.2, 0.25) is 0 Å². The van der Waals surface area contributed by atoms with Crippen LogP contribution in [-0.2, 0) is 19.2 Å². The van der Waals surface area contributed by atoms with Gasteiger partial charge in [-0.3, -0.25) is 29.0 Å². The molecule has 1 aliphatic carbocycles. The predicted octanol–water partition coefficient (Wildman–Crippen LogP) is -0.604. The summed E-state index contributed by atoms with van der Waals surface area (Å²) in [6, 6.07) is -1.16. The average molecular weight is 392 g/mol. The van der Waals surface area contributed by atoms with Crippen LogP contribution in [0, 0.1) is 5.92 Å². The third kappa shape index (κ3) is 7.18. The molecule has 0 radical (unpaired) electrons. The molecule has 1 fully saturated rings. The van der Waals surface area contributed by atoms with E-state index in [0.717, 1.165) is 0 Å². The Labute approximate surface area is 155 Å². The van der Waals surface area contributed by atoms with Crippen molar-refractivity contribution in [2.45, 2.75) is 31.3 Å². The Kier molecular flexibility index (Phi) is 8.82. The SMILES string of the molecule is O=C(O)CN(CC(=O)O)C1CCC(CS)CC1N(CC(=O)O)CC(=O)O. The number of carboxylic acids is 4. The second kappa shape index (κ2) is 10.3. The highest BCUT2D eigenvalue weighted by atomic mass is 32.1. The van der Waals surface area contributed by atoms with Gasteiger partial charge in [0.2, 0.25) is 0 Å². The molecule has 0 heterocycles. The van der Waals surface area contributed by atoms with Gasteiger partial charge in [-0.2, -0.15) is 12.6 Å². The van der Waals surface area contributed by atoms with Gasteiger partial charge in [0.05, 0.1) is 26.2 Å². The summed E-state index contributed by atoms with van der Waals surface area (Å²) in [6.45, 7) is -2.10. The van der Waals surface area contributed by atoms with Gasteiger partial charge in [0.1, 0.15) is 0 Å². The zero-order valence-electron chi connectivity index (χ0n) is 14.2. The van der Waals surface area contributed by atoms with E-state index in [-0.39, 0.29) is 5.92 Å². The summed E-state index contributed by atoms with van der Waals surface area (Å²) in [7, 11) is 0. The molecule has 0 amide bonds. The Hall–Kier alpha value is -1.85. The second-order valence-corrected chi connectivity index (χ2v) is 6.75. The van der Waals surface area contributed by atoms with Crippen LogP contribution in [-0.4, -0.2) is 98.1 Å². The normalized spacial score (nSPS) is 23.1. The highest BCUT2D eigenvalue weighted by Gasteiger charge is 2.39. The summed E-state index contributed by atoms with van der Waals surface area (Å²) in [5.74, 6) is -4.19. The van der Waals surface area contributed by atoms with E-state index in [2.05, 4.69) is 12.6 Å². The molecule has 1 aliphatic rings. The first kappa shape index (κ1) is 22.2. The number of rotatable bonds is 11. The molecule has 148 valence electrons. The molecule has 0 bridgehead atoms. The van der Waals surface area contributed by atoms with Crippen molar-refractivity contribution >= 4 is 36.5 Å². The number of nitrogens with zero attached hydrogens (tertiary/aromatic N) is 2. The first-order valence-electron chi connectivity index (χ1n) is 8.10. The molecule has 4 N–H and O–H groups in total. The van der Waals surface area contributed by atoms with Gasteiger partial charge in [0.15, 0.2) is 0 Å². The van der Waals surface area contributed by atoms with Gasteiger partial charge in [-0.15, -0.1) is 0 Å². The number of aliphatic carboxylic acids is 4. The summed E-state index contributed by atoms with van der Waals surface area (Å²) in [6.07, 6.45) is 1.53. The molecule has 0 aromatic heterocycles. The van der Waals surface area contributed by atoms with Crippen molar-refractivity contribution in [3.05, 3.63) is 0 Å². The van der Waals surface area contributed by atoms with Crippen LogP contribution in [0.5, 0.6) is 0 Å². The van der Waals surface area contributed by atoms with E-state index in [1.165, 1.54) is 9.80 Å². The van der Waals surface area contributed by atoms with Gasteiger partial charge in [-0.25, -0.2) is 0 Å². The first-order chi connectivity index (χ1) is 12.1. The Balaban J connectivity index is 3.15. The monoisotopic (exact) mass is 392 g/mol. The fourth-order valence-corrected chi connectivity index (χ4v) is 3.81. The smallest absolute Gasteiger partial charge is 0.317 e. The average Bonchev–Trinajstić information content (AvgIpc) is 2.51. The zero-order chi connectivity index (χ0) is 19.9. The highest BCUT2D eigenvalue weighted by Crippen LogP contribution is 2.32. The molecule has 3 atom stereocenters. The maximum absolute atomic E-state index is 11.2. The van der Waals surface area contributed by atoms with Crippen LogP contribution in [0.4, 0.5) is 0 Å². The number of hydrogen-bond donors (Lipinski definition) is 5. The fourth-order valence-electron chi connectivity index (χ4n) is 3.48. The molecular weight excluding hydrogens is 368 g/mol. The Morgan fingerprint density at radius 2 is 1.12 bits per heavy atom. The molecule has 3 unspecified atom stereocenters. The highest BCUT2D eigenvalue weighted by molar-refractivity contribution is 7.80. The zero-order valence-corrected chi connectivity index (χ0v) is 15.0. The van der Waals surface area contributed by atoms with Crippen molar-refractivity contribution in [1.29, 1.82) is 0 Å². The van der Waals surface area contributed by atoms with Gasteiger partial charge < -0.3 is 20.4 Å². The molecule has 10 nitrogen and oxygen atoms in total. The molecule has 0 saturated heterocycles. The van der Waals surface area contributed by atoms with Crippen LogP contribution in [0.15, 0.2) is 0 Å². The van der Waals surface area contributed by atoms with Gasteiger partial charge in [0.25, 0.3) is 0 Å². The van der Waals surface area contributed by atoms with Crippen molar-refractivity contribution in [3.63, 3.8) is 0 Å². The summed E-state index contributed by atoms with van der Waals surface area (Å²) >= 11 is 4.25. The largest absolute Gasteiger partial charge is 0.480 e. The number of thiol groups is 1. The third-order valence-corrected chi connectivity index (χ3v) is 4.96. The van der Waals surface area contributed by atoms with Crippen molar-refractivity contribution in [2.75, 3.05) is 31.9 Å². The van der Waals surface area contributed by atoms with E-state index in [9.17, 15) is 19.2 Å². The molecule has 1 rings (SSSR count). The van der Waals surface area contributed by atoms with E-state index in [0.29, 0.717) is 25.0 Å². The van der Waals surface area contributed by atoms with E-state index in [1.54, 1.807) is 0 Å². The first-order valence-corrected chi connectivity index (χ1v) is 8.73. The van der Waals surface area contributed by atoms with Gasteiger partial charge in [-0.05, 0) is 30.9 Å². The van der Waals surface area contributed by atoms with Gasteiger partial charge in [-0.1, -0.05) is 0 Å². The quantitative estimate of drug-likeness (QED) is 0.288. The molecule has 26 heavy (non-hydrogen) atoms. The standard InChI is InChI=1S/C15H24N2O8S/c18-12(19)4-16(5-13(20)21)10-2-1-9(8-26)3-11(10)17(6-14(22)23)7-15(24)25/h9-11,26H,1-8H2,(H,18,19)(H,20,21)(H,22,23)(H,24,25). The fraction of sp³-hybridized carbons (Fsp3) is 0.733. The number of carbonyl (C=O) groups is 4. The molecule has 11 heteroatoms. The number of hydrogen-bond acceptors (Lipinski definition) is 7. The Bertz CT molecular complexity index is 512. The summed E-state index contributed by atoms with van der Waals surface area (Å²) in [5.41, 5.74) is 0. The van der Waals surface area contributed by atoms with Crippen LogP contribution in [0.1, 0.15) is 19.3 Å². The third-order valence-electron chi connectivity index (χ3n) is 4.44. The molecule has 1 saturated carbocycles. The lowest BCUT2D eigenvalue weighted by Crippen LogP contribution is -2.58. The lowest BCUT2D eigenvalue weighted by atomic mass is 9.81. The minimum Gasteiger partial charge on any atom is -0.480 e. The van der Waals surface area contributed by atoms with Crippen molar-refractivity contribution in [3.8, 4) is 0 Å². The van der Waals surface area contributed by atoms with E-state index in [4.69, 9.17) is 20.4 Å². The van der Waals surface area contributed by atoms with E-state index < -0.39 is 62.1 Å². The van der Waals surface area contributed by atoms with Crippen molar-refractivity contribution in [1.82, 2.24) is 9.80 Å². The molecular formula is C15H24N2O8S. The molecule has 0 aromatic rings. The summed E-state index contributed by atoms with van der Waals surface area (Å²) < 4.78 is 0. The van der Waals surface area contributed by atoms with E-state index in [1.807, 2.05) is 0 Å². The minimum absolute atomic E-state index is 0.112. The maximum atomic E-state index is 11.2. The topological polar surface area (TPSA) is 156 Å². The van der Waals surface area contributed by atoms with Gasteiger partial charge >= 0.3 is 23.9 Å². The maximum Gasteiger partial charge on any atom is 0.317 e. The predicted molar refractivity (Wildman–Crippen MR) is 92.5 cm³/mol. The lowest BCUT2D eigenvalue weighted by molar-refractivity contribution is -0.149. The van der Waals surface area contributed by atoms with Crippen LogP contribution >= 0.6 is 12.6 Å². The summed E-state index contributed by atoms with van der Waals surface area (Å²) in [5, 5.41) is 36.4. The van der Waals surface area contributed by atoms with Gasteiger partial charge in [0, 0.05) is 12.1 Å². The molecule has 0 aliphatic heterocycles. The Morgan fingerprint density at radius 3 is 1.46 bits per heavy atom.